The summed E-state index contributed by atoms with van der Waals surface area (Å²) in [4.78, 5) is 16.7. The Kier molecular flexibility index (Phi) is 6.13. The predicted molar refractivity (Wildman–Crippen MR) is 87.9 cm³/mol. The highest BCUT2D eigenvalue weighted by Crippen LogP contribution is 2.16. The van der Waals surface area contributed by atoms with Gasteiger partial charge >= 0.3 is 0 Å². The van der Waals surface area contributed by atoms with E-state index in [-0.39, 0.29) is 24.2 Å². The highest BCUT2D eigenvalue weighted by molar-refractivity contribution is 5.97. The molecule has 0 radical (unpaired) electrons. The van der Waals surface area contributed by atoms with Gasteiger partial charge in [-0.2, -0.15) is 0 Å². The Morgan fingerprint density at radius 2 is 1.92 bits per heavy atom. The van der Waals surface area contributed by atoms with Gasteiger partial charge in [0.05, 0.1) is 7.11 Å². The SMILES string of the molecule is COc1ccccc1CNC(=O)CO/N=C(\N)c1ccc(F)cc1. The summed E-state index contributed by atoms with van der Waals surface area (Å²) in [6, 6.07) is 12.8. The number of nitrogens with one attached hydrogen (secondary N) is 1. The van der Waals surface area contributed by atoms with Gasteiger partial charge < -0.3 is 20.6 Å². The highest BCUT2D eigenvalue weighted by Gasteiger charge is 2.06. The first-order valence-electron chi connectivity index (χ1n) is 7.20. The summed E-state index contributed by atoms with van der Waals surface area (Å²) >= 11 is 0. The van der Waals surface area contributed by atoms with Crippen molar-refractivity contribution in [2.75, 3.05) is 13.7 Å². The van der Waals surface area contributed by atoms with Crippen LogP contribution in [0, 0.1) is 5.82 Å². The van der Waals surface area contributed by atoms with Crippen LogP contribution in [0.3, 0.4) is 0 Å². The number of carbonyl (C=O) groups is 1. The molecule has 6 nitrogen and oxygen atoms in total. The second-order valence-corrected chi connectivity index (χ2v) is 4.85. The molecule has 0 bridgehead atoms. The fourth-order valence-electron chi connectivity index (χ4n) is 1.93. The van der Waals surface area contributed by atoms with E-state index >= 15 is 0 Å². The van der Waals surface area contributed by atoms with Gasteiger partial charge in [-0.1, -0.05) is 23.4 Å². The van der Waals surface area contributed by atoms with Crippen molar-refractivity contribution in [3.63, 3.8) is 0 Å². The molecule has 0 atom stereocenters. The van der Waals surface area contributed by atoms with E-state index in [1.165, 1.54) is 24.3 Å². The van der Waals surface area contributed by atoms with Gasteiger partial charge in [-0.3, -0.25) is 4.79 Å². The van der Waals surface area contributed by atoms with Crippen LogP contribution in [0.2, 0.25) is 0 Å². The molecule has 126 valence electrons. The molecule has 1 amide bonds. The Labute approximate surface area is 139 Å². The molecule has 0 heterocycles. The average molecular weight is 331 g/mol. The van der Waals surface area contributed by atoms with Crippen molar-refractivity contribution in [3.8, 4) is 5.75 Å². The molecule has 0 spiro atoms. The molecule has 2 rings (SSSR count). The number of nitrogens with zero attached hydrogens (tertiary/aromatic N) is 1. The van der Waals surface area contributed by atoms with Crippen LogP contribution in [-0.2, 0) is 16.2 Å². The van der Waals surface area contributed by atoms with Crippen LogP contribution >= 0.6 is 0 Å². The second kappa shape index (κ2) is 8.52. The number of hydrogen-bond donors (Lipinski definition) is 2. The first-order valence-corrected chi connectivity index (χ1v) is 7.20. The lowest BCUT2D eigenvalue weighted by molar-refractivity contribution is -0.125. The van der Waals surface area contributed by atoms with Crippen molar-refractivity contribution in [1.29, 1.82) is 0 Å². The van der Waals surface area contributed by atoms with Crippen molar-refractivity contribution in [2.24, 2.45) is 10.9 Å². The zero-order chi connectivity index (χ0) is 17.4. The number of oxime groups is 1. The standard InChI is InChI=1S/C17H18FN3O3/c1-23-15-5-3-2-4-13(15)10-20-16(22)11-24-21-17(19)12-6-8-14(18)9-7-12/h2-9H,10-11H2,1H3,(H2,19,21)(H,20,22). The molecule has 0 saturated carbocycles. The summed E-state index contributed by atoms with van der Waals surface area (Å²) in [5, 5.41) is 6.33. The molecule has 24 heavy (non-hydrogen) atoms. The number of ether oxygens (including phenoxy) is 1. The molecule has 0 aliphatic heterocycles. The lowest BCUT2D eigenvalue weighted by Gasteiger charge is -2.09. The first-order chi connectivity index (χ1) is 11.6. The number of benzene rings is 2. The summed E-state index contributed by atoms with van der Waals surface area (Å²) in [7, 11) is 1.57. The van der Waals surface area contributed by atoms with Crippen LogP contribution in [0.15, 0.2) is 53.7 Å². The van der Waals surface area contributed by atoms with Crippen LogP contribution in [0.25, 0.3) is 0 Å². The summed E-state index contributed by atoms with van der Waals surface area (Å²) in [5.41, 5.74) is 7.04. The minimum absolute atomic E-state index is 0.0625. The summed E-state index contributed by atoms with van der Waals surface area (Å²) in [6.07, 6.45) is 0. The minimum Gasteiger partial charge on any atom is -0.496 e. The Hall–Kier alpha value is -3.09. The molecule has 0 fully saturated rings. The van der Waals surface area contributed by atoms with Crippen LogP contribution in [0.4, 0.5) is 4.39 Å². The van der Waals surface area contributed by atoms with Crippen LogP contribution in [-0.4, -0.2) is 25.5 Å². The number of hydrogen-bond acceptors (Lipinski definition) is 4. The third-order valence-electron chi connectivity index (χ3n) is 3.17. The maximum atomic E-state index is 12.8. The highest BCUT2D eigenvalue weighted by atomic mass is 19.1. The van der Waals surface area contributed by atoms with Crippen molar-refractivity contribution in [1.82, 2.24) is 5.32 Å². The van der Waals surface area contributed by atoms with Gasteiger partial charge in [0.25, 0.3) is 5.91 Å². The number of nitrogens with two attached hydrogens (primary N) is 1. The average Bonchev–Trinajstić information content (AvgIpc) is 2.60. The Morgan fingerprint density at radius 1 is 1.21 bits per heavy atom. The van der Waals surface area contributed by atoms with E-state index in [1.54, 1.807) is 7.11 Å². The summed E-state index contributed by atoms with van der Waals surface area (Å²) < 4.78 is 18.0. The molecule has 2 aromatic carbocycles. The van der Waals surface area contributed by atoms with Crippen molar-refractivity contribution >= 4 is 11.7 Å². The van der Waals surface area contributed by atoms with E-state index in [9.17, 15) is 9.18 Å². The first kappa shape index (κ1) is 17.3. The van der Waals surface area contributed by atoms with Crippen LogP contribution in [0.5, 0.6) is 5.75 Å². The lowest BCUT2D eigenvalue weighted by atomic mass is 10.2. The fourth-order valence-corrected chi connectivity index (χ4v) is 1.93. The van der Waals surface area contributed by atoms with Crippen LogP contribution in [0.1, 0.15) is 11.1 Å². The minimum atomic E-state index is -0.372. The molecular formula is C17H18FN3O3. The molecule has 7 heteroatoms. The van der Waals surface area contributed by atoms with E-state index in [4.69, 9.17) is 15.3 Å². The zero-order valence-electron chi connectivity index (χ0n) is 13.2. The van der Waals surface area contributed by atoms with Crippen molar-refractivity contribution in [3.05, 3.63) is 65.5 Å². The Morgan fingerprint density at radius 3 is 2.62 bits per heavy atom. The number of methoxy groups -OCH3 is 1. The molecule has 3 N–H and O–H groups in total. The molecule has 0 saturated heterocycles. The normalized spacial score (nSPS) is 11.0. The quantitative estimate of drug-likeness (QED) is 0.460. The van der Waals surface area contributed by atoms with E-state index in [0.717, 1.165) is 5.56 Å². The third-order valence-corrected chi connectivity index (χ3v) is 3.17. The van der Waals surface area contributed by atoms with Crippen molar-refractivity contribution < 1.29 is 18.8 Å². The van der Waals surface area contributed by atoms with E-state index in [2.05, 4.69) is 10.5 Å². The van der Waals surface area contributed by atoms with E-state index < -0.39 is 0 Å². The number of amidine groups is 1. The van der Waals surface area contributed by atoms with Gasteiger partial charge in [-0.25, -0.2) is 4.39 Å². The van der Waals surface area contributed by atoms with Gasteiger partial charge in [0, 0.05) is 17.7 Å². The van der Waals surface area contributed by atoms with Gasteiger partial charge in [0.15, 0.2) is 12.4 Å². The number of para-hydroxylation sites is 1. The van der Waals surface area contributed by atoms with Gasteiger partial charge in [0.2, 0.25) is 0 Å². The molecule has 0 aromatic heterocycles. The van der Waals surface area contributed by atoms with Crippen LogP contribution < -0.4 is 15.8 Å². The maximum Gasteiger partial charge on any atom is 0.261 e. The molecule has 0 aliphatic carbocycles. The lowest BCUT2D eigenvalue weighted by Crippen LogP contribution is -2.27. The van der Waals surface area contributed by atoms with Gasteiger partial charge in [-0.15, -0.1) is 0 Å². The fraction of sp³-hybridized carbons (Fsp3) is 0.176. The Balaban J connectivity index is 1.80. The molecular weight excluding hydrogens is 313 g/mol. The predicted octanol–water partition coefficient (Wildman–Crippen LogP) is 1.79. The molecule has 0 aliphatic rings. The topological polar surface area (TPSA) is 85.9 Å². The number of halogens is 1. The monoisotopic (exact) mass is 331 g/mol. The van der Waals surface area contributed by atoms with E-state index in [0.29, 0.717) is 17.9 Å². The summed E-state index contributed by atoms with van der Waals surface area (Å²) in [5.74, 6) is 0.0320. The maximum absolute atomic E-state index is 12.8. The largest absolute Gasteiger partial charge is 0.496 e. The number of rotatable bonds is 7. The molecule has 0 unspecified atom stereocenters. The Bertz CT molecular complexity index is 717. The second-order valence-electron chi connectivity index (χ2n) is 4.85. The summed E-state index contributed by atoms with van der Waals surface area (Å²) in [6.45, 7) is 0.0282. The van der Waals surface area contributed by atoms with Crippen molar-refractivity contribution in [2.45, 2.75) is 6.54 Å². The number of carbonyl (C=O) groups excluding carboxylic acids is 1. The van der Waals surface area contributed by atoms with E-state index in [1.807, 2.05) is 24.3 Å². The van der Waals surface area contributed by atoms with Gasteiger partial charge in [0.1, 0.15) is 11.6 Å². The number of amides is 1. The molecule has 2 aromatic rings. The van der Waals surface area contributed by atoms with Gasteiger partial charge in [-0.05, 0) is 30.3 Å². The smallest absolute Gasteiger partial charge is 0.261 e. The zero-order valence-corrected chi connectivity index (χ0v) is 13.2. The third kappa shape index (κ3) is 4.98.